The van der Waals surface area contributed by atoms with Gasteiger partial charge >= 0.3 is 0 Å². The van der Waals surface area contributed by atoms with E-state index in [1.807, 2.05) is 55.6 Å². The first kappa shape index (κ1) is 18.6. The molecule has 1 aliphatic heterocycles. The first-order chi connectivity index (χ1) is 13.7. The third-order valence-corrected chi connectivity index (χ3v) is 6.19. The molecule has 0 saturated carbocycles. The van der Waals surface area contributed by atoms with Crippen LogP contribution in [0.3, 0.4) is 0 Å². The fourth-order valence-electron chi connectivity index (χ4n) is 3.53. The molecule has 144 valence electrons. The molecule has 0 radical (unpaired) electrons. The molecule has 1 aromatic carbocycles. The van der Waals surface area contributed by atoms with Gasteiger partial charge in [0, 0.05) is 37.0 Å². The summed E-state index contributed by atoms with van der Waals surface area (Å²) in [6, 6.07) is 14.0. The predicted octanol–water partition coefficient (Wildman–Crippen LogP) is 4.43. The number of anilines is 1. The lowest BCUT2D eigenvalue weighted by Gasteiger charge is -2.29. The van der Waals surface area contributed by atoms with E-state index in [-0.39, 0.29) is 5.91 Å². The Morgan fingerprint density at radius 2 is 1.89 bits per heavy atom. The number of carbonyl (C=O) groups is 1. The molecule has 1 amide bonds. The van der Waals surface area contributed by atoms with Gasteiger partial charge in [-0.15, -0.1) is 11.3 Å². The van der Waals surface area contributed by atoms with E-state index in [1.54, 1.807) is 0 Å². The second-order valence-electron chi connectivity index (χ2n) is 7.02. The lowest BCUT2D eigenvalue weighted by molar-refractivity contribution is 0.0954. The van der Waals surface area contributed by atoms with E-state index in [2.05, 4.69) is 20.2 Å². The zero-order valence-corrected chi connectivity index (χ0v) is 16.8. The molecule has 0 bridgehead atoms. The number of hydrogen-bond donors (Lipinski definition) is 1. The van der Waals surface area contributed by atoms with Gasteiger partial charge in [-0.3, -0.25) is 4.79 Å². The van der Waals surface area contributed by atoms with Crippen molar-refractivity contribution in [2.75, 3.05) is 18.0 Å². The third-order valence-electron chi connectivity index (χ3n) is 4.99. The zero-order chi connectivity index (χ0) is 19.3. The van der Waals surface area contributed by atoms with Crippen LogP contribution in [0, 0.1) is 6.92 Å². The van der Waals surface area contributed by atoms with Gasteiger partial charge in [0.15, 0.2) is 0 Å². The molecular weight excluding hydrogens is 368 g/mol. The molecule has 0 atom stereocenters. The van der Waals surface area contributed by atoms with Gasteiger partial charge in [-0.25, -0.2) is 9.97 Å². The highest BCUT2D eigenvalue weighted by molar-refractivity contribution is 7.17. The Hall–Kier alpha value is -2.73. The summed E-state index contributed by atoms with van der Waals surface area (Å²) in [6.07, 6.45) is 5.51. The number of aryl methyl sites for hydroxylation is 1. The maximum Gasteiger partial charge on any atom is 0.263 e. The zero-order valence-electron chi connectivity index (χ0n) is 16.0. The van der Waals surface area contributed by atoms with Crippen LogP contribution in [0.5, 0.6) is 0 Å². The van der Waals surface area contributed by atoms with Gasteiger partial charge in [-0.05, 0) is 32.3 Å². The molecule has 0 spiro atoms. The van der Waals surface area contributed by atoms with Crippen molar-refractivity contribution in [3.63, 3.8) is 0 Å². The maximum absolute atomic E-state index is 12.8. The summed E-state index contributed by atoms with van der Waals surface area (Å²) < 4.78 is 0. The highest BCUT2D eigenvalue weighted by Gasteiger charge is 2.18. The van der Waals surface area contributed by atoms with E-state index in [9.17, 15) is 4.79 Å². The summed E-state index contributed by atoms with van der Waals surface area (Å²) in [6.45, 7) is 4.43. The summed E-state index contributed by atoms with van der Waals surface area (Å²) in [7, 11) is 0. The normalized spacial score (nSPS) is 14.1. The minimum atomic E-state index is -0.0781. The average Bonchev–Trinajstić information content (AvgIpc) is 3.15. The minimum absolute atomic E-state index is 0.0781. The number of hydrogen-bond acceptors (Lipinski definition) is 5. The van der Waals surface area contributed by atoms with Crippen LogP contribution in [0.25, 0.3) is 10.6 Å². The fourth-order valence-corrected chi connectivity index (χ4v) is 4.51. The van der Waals surface area contributed by atoms with Crippen LogP contribution < -0.4 is 10.2 Å². The second-order valence-corrected chi connectivity index (χ2v) is 8.02. The maximum atomic E-state index is 12.8. The molecule has 6 heteroatoms. The second kappa shape index (κ2) is 8.52. The number of pyridine rings is 1. The Balaban J connectivity index is 1.48. The molecule has 2 aromatic heterocycles. The number of thiazole rings is 1. The highest BCUT2D eigenvalue weighted by Crippen LogP contribution is 2.28. The van der Waals surface area contributed by atoms with E-state index < -0.39 is 0 Å². The van der Waals surface area contributed by atoms with Crippen LogP contribution in [-0.4, -0.2) is 29.0 Å². The number of rotatable bonds is 5. The Morgan fingerprint density at radius 1 is 1.11 bits per heavy atom. The summed E-state index contributed by atoms with van der Waals surface area (Å²) >= 11 is 1.44. The lowest BCUT2D eigenvalue weighted by atomic mass is 10.1. The molecule has 3 heterocycles. The Kier molecular flexibility index (Phi) is 5.67. The van der Waals surface area contributed by atoms with Crippen LogP contribution in [0.15, 0.2) is 48.7 Å². The van der Waals surface area contributed by atoms with Crippen LogP contribution >= 0.6 is 11.3 Å². The number of nitrogens with zero attached hydrogens (tertiary/aromatic N) is 3. The van der Waals surface area contributed by atoms with Crippen molar-refractivity contribution in [1.82, 2.24) is 15.3 Å². The molecule has 0 aliphatic carbocycles. The van der Waals surface area contributed by atoms with Crippen LogP contribution in [-0.2, 0) is 6.54 Å². The Morgan fingerprint density at radius 3 is 2.68 bits per heavy atom. The lowest BCUT2D eigenvalue weighted by Crippen LogP contribution is -2.32. The van der Waals surface area contributed by atoms with Gasteiger partial charge in [0.2, 0.25) is 0 Å². The van der Waals surface area contributed by atoms with Crippen LogP contribution in [0.4, 0.5) is 5.82 Å². The molecule has 5 nitrogen and oxygen atoms in total. The number of carbonyl (C=O) groups excluding carboxylic acids is 1. The number of benzene rings is 1. The molecule has 4 rings (SSSR count). The van der Waals surface area contributed by atoms with Crippen molar-refractivity contribution in [2.45, 2.75) is 32.7 Å². The number of nitrogens with one attached hydrogen (secondary N) is 1. The fraction of sp³-hybridized carbons (Fsp3) is 0.318. The van der Waals surface area contributed by atoms with Crippen LogP contribution in [0.1, 0.15) is 40.2 Å². The summed E-state index contributed by atoms with van der Waals surface area (Å²) in [4.78, 5) is 25.0. The van der Waals surface area contributed by atoms with Crippen LogP contribution in [0.2, 0.25) is 0 Å². The minimum Gasteiger partial charge on any atom is -0.356 e. The van der Waals surface area contributed by atoms with Gasteiger partial charge in [0.05, 0.1) is 5.69 Å². The number of piperidine rings is 1. The highest BCUT2D eigenvalue weighted by atomic mass is 32.1. The third kappa shape index (κ3) is 4.07. The van der Waals surface area contributed by atoms with Gasteiger partial charge in [0.25, 0.3) is 5.91 Å². The van der Waals surface area contributed by atoms with Crippen molar-refractivity contribution in [3.8, 4) is 10.6 Å². The van der Waals surface area contributed by atoms with Crippen molar-refractivity contribution < 1.29 is 4.79 Å². The van der Waals surface area contributed by atoms with E-state index in [0.29, 0.717) is 11.4 Å². The number of aromatic nitrogens is 2. The summed E-state index contributed by atoms with van der Waals surface area (Å²) in [5, 5.41) is 3.94. The SMILES string of the molecule is Cc1nc(-c2ccccc2)sc1C(=O)NCc1cccnc1N1CCCCC1. The van der Waals surface area contributed by atoms with Crippen molar-refractivity contribution in [3.05, 3.63) is 64.8 Å². The monoisotopic (exact) mass is 392 g/mol. The standard InChI is InChI=1S/C22H24N4OS/c1-16-19(28-22(25-16)17-9-4-2-5-10-17)21(27)24-15-18-11-8-12-23-20(18)26-13-6-3-7-14-26/h2,4-5,8-12H,3,6-7,13-15H2,1H3,(H,24,27). The Labute approximate surface area is 169 Å². The first-order valence-electron chi connectivity index (χ1n) is 9.72. The molecule has 1 aliphatic rings. The van der Waals surface area contributed by atoms with Gasteiger partial charge in [-0.2, -0.15) is 0 Å². The summed E-state index contributed by atoms with van der Waals surface area (Å²) in [5.41, 5.74) is 2.86. The predicted molar refractivity (Wildman–Crippen MR) is 114 cm³/mol. The largest absolute Gasteiger partial charge is 0.356 e. The molecule has 1 N–H and O–H groups in total. The molecule has 1 saturated heterocycles. The summed E-state index contributed by atoms with van der Waals surface area (Å²) in [5.74, 6) is 0.916. The van der Waals surface area contributed by atoms with Crippen molar-refractivity contribution >= 4 is 23.1 Å². The average molecular weight is 393 g/mol. The molecule has 0 unspecified atom stereocenters. The van der Waals surface area contributed by atoms with Crippen molar-refractivity contribution in [1.29, 1.82) is 0 Å². The van der Waals surface area contributed by atoms with Gasteiger partial charge in [-0.1, -0.05) is 36.4 Å². The van der Waals surface area contributed by atoms with Gasteiger partial charge in [0.1, 0.15) is 15.7 Å². The van der Waals surface area contributed by atoms with E-state index in [0.717, 1.165) is 40.7 Å². The molecule has 1 fully saturated rings. The van der Waals surface area contributed by atoms with E-state index in [1.165, 1.54) is 30.6 Å². The quantitative estimate of drug-likeness (QED) is 0.698. The molecular formula is C22H24N4OS. The Bertz CT molecular complexity index is 948. The van der Waals surface area contributed by atoms with Gasteiger partial charge < -0.3 is 10.2 Å². The molecule has 28 heavy (non-hydrogen) atoms. The smallest absolute Gasteiger partial charge is 0.263 e. The first-order valence-corrected chi connectivity index (χ1v) is 10.5. The topological polar surface area (TPSA) is 58.1 Å². The van der Waals surface area contributed by atoms with Crippen molar-refractivity contribution in [2.24, 2.45) is 0 Å². The van der Waals surface area contributed by atoms with E-state index in [4.69, 9.17) is 0 Å². The van der Waals surface area contributed by atoms with E-state index >= 15 is 0 Å². The number of amides is 1. The molecule has 3 aromatic rings.